The third-order valence-corrected chi connectivity index (χ3v) is 4.80. The van der Waals surface area contributed by atoms with Crippen molar-refractivity contribution in [1.82, 2.24) is 0 Å². The summed E-state index contributed by atoms with van der Waals surface area (Å²) in [5.41, 5.74) is 2.09. The van der Waals surface area contributed by atoms with Gasteiger partial charge in [-0.3, -0.25) is 4.79 Å². The first-order valence-electron chi connectivity index (χ1n) is 9.91. The van der Waals surface area contributed by atoms with E-state index in [0.29, 0.717) is 22.7 Å². The highest BCUT2D eigenvalue weighted by molar-refractivity contribution is 6.00. The normalized spacial score (nSPS) is 11.2. The molecular weight excluding hydrogens is 410 g/mol. The fraction of sp³-hybridized carbons (Fsp3) is 0.200. The Morgan fingerprint density at radius 1 is 0.812 bits per heavy atom. The third-order valence-electron chi connectivity index (χ3n) is 4.80. The number of para-hydroxylation sites is 1. The summed E-state index contributed by atoms with van der Waals surface area (Å²) in [6, 6.07) is 19.1. The van der Waals surface area contributed by atoms with Crippen LogP contribution in [0.15, 0.2) is 66.7 Å². The fourth-order valence-corrected chi connectivity index (χ4v) is 3.24. The summed E-state index contributed by atoms with van der Waals surface area (Å²) in [5.74, 6) is -0.132. The van der Waals surface area contributed by atoms with E-state index in [9.17, 15) is 9.59 Å². The molecule has 0 aromatic heterocycles. The quantitative estimate of drug-likeness (QED) is 0.523. The van der Waals surface area contributed by atoms with E-state index in [-0.39, 0.29) is 11.3 Å². The molecule has 0 bridgehead atoms. The summed E-state index contributed by atoms with van der Waals surface area (Å²) < 4.78 is 21.6. The zero-order valence-electron chi connectivity index (χ0n) is 18.4. The molecule has 7 nitrogen and oxygen atoms in total. The van der Waals surface area contributed by atoms with E-state index in [4.69, 9.17) is 18.9 Å². The predicted octanol–water partition coefficient (Wildman–Crippen LogP) is 4.56. The molecule has 1 amide bonds. The second-order valence-corrected chi connectivity index (χ2v) is 6.93. The van der Waals surface area contributed by atoms with Gasteiger partial charge in [0, 0.05) is 5.56 Å². The number of benzene rings is 3. The second-order valence-electron chi connectivity index (χ2n) is 6.93. The van der Waals surface area contributed by atoms with Crippen molar-refractivity contribution in [3.05, 3.63) is 83.4 Å². The number of anilines is 1. The van der Waals surface area contributed by atoms with E-state index in [1.54, 1.807) is 54.6 Å². The van der Waals surface area contributed by atoms with E-state index in [1.165, 1.54) is 21.3 Å². The van der Waals surface area contributed by atoms with Gasteiger partial charge in [-0.1, -0.05) is 42.5 Å². The van der Waals surface area contributed by atoms with Crippen LogP contribution in [0, 0.1) is 6.92 Å². The van der Waals surface area contributed by atoms with Gasteiger partial charge < -0.3 is 24.3 Å². The van der Waals surface area contributed by atoms with E-state index >= 15 is 0 Å². The van der Waals surface area contributed by atoms with E-state index < -0.39 is 18.0 Å². The molecule has 3 aromatic carbocycles. The summed E-state index contributed by atoms with van der Waals surface area (Å²) >= 11 is 0. The summed E-state index contributed by atoms with van der Waals surface area (Å²) in [6.45, 7) is 1.90. The number of nitrogens with one attached hydrogen (secondary N) is 1. The lowest BCUT2D eigenvalue weighted by molar-refractivity contribution is -0.125. The zero-order valence-corrected chi connectivity index (χ0v) is 18.4. The molecule has 0 aliphatic heterocycles. The third kappa shape index (κ3) is 5.00. The van der Waals surface area contributed by atoms with Crippen LogP contribution in [0.4, 0.5) is 5.69 Å². The van der Waals surface area contributed by atoms with Gasteiger partial charge >= 0.3 is 5.97 Å². The Hall–Kier alpha value is -4.00. The molecule has 0 saturated carbocycles. The molecule has 3 rings (SSSR count). The zero-order chi connectivity index (χ0) is 23.1. The number of hydrogen-bond donors (Lipinski definition) is 1. The average molecular weight is 435 g/mol. The molecule has 3 aromatic rings. The van der Waals surface area contributed by atoms with Gasteiger partial charge in [-0.25, -0.2) is 4.79 Å². The first-order valence-corrected chi connectivity index (χ1v) is 9.91. The van der Waals surface area contributed by atoms with Crippen LogP contribution >= 0.6 is 0 Å². The Labute approximate surface area is 186 Å². The van der Waals surface area contributed by atoms with Crippen molar-refractivity contribution in [1.29, 1.82) is 0 Å². The summed E-state index contributed by atoms with van der Waals surface area (Å²) in [5, 5.41) is 2.81. The van der Waals surface area contributed by atoms with Gasteiger partial charge in [0.25, 0.3) is 5.91 Å². The first-order chi connectivity index (χ1) is 15.5. The van der Waals surface area contributed by atoms with Gasteiger partial charge in [0.05, 0.1) is 27.0 Å². The van der Waals surface area contributed by atoms with Crippen molar-refractivity contribution in [2.24, 2.45) is 0 Å². The van der Waals surface area contributed by atoms with Crippen LogP contribution in [0.3, 0.4) is 0 Å². The molecule has 0 heterocycles. The number of carbonyl (C=O) groups excluding carboxylic acids is 2. The van der Waals surface area contributed by atoms with Crippen molar-refractivity contribution < 1.29 is 28.5 Å². The van der Waals surface area contributed by atoms with Crippen LogP contribution in [-0.2, 0) is 9.53 Å². The van der Waals surface area contributed by atoms with Crippen molar-refractivity contribution in [3.63, 3.8) is 0 Å². The minimum absolute atomic E-state index is 0.147. The number of amides is 1. The Bertz CT molecular complexity index is 1100. The van der Waals surface area contributed by atoms with Crippen LogP contribution in [0.1, 0.15) is 27.6 Å². The number of carbonyl (C=O) groups is 2. The van der Waals surface area contributed by atoms with Gasteiger partial charge in [-0.15, -0.1) is 0 Å². The lowest BCUT2D eigenvalue weighted by Crippen LogP contribution is -2.26. The SMILES string of the molecule is COc1ccc(C)cc1NC(=O)C(OC(=O)c1cccc(OC)c1OC)c1ccccc1. The maximum absolute atomic E-state index is 13.2. The maximum Gasteiger partial charge on any atom is 0.343 e. The van der Waals surface area contributed by atoms with Crippen molar-refractivity contribution in [2.45, 2.75) is 13.0 Å². The summed E-state index contributed by atoms with van der Waals surface area (Å²) in [6.07, 6.45) is -1.20. The Morgan fingerprint density at radius 3 is 2.19 bits per heavy atom. The topological polar surface area (TPSA) is 83.1 Å². The average Bonchev–Trinajstić information content (AvgIpc) is 2.82. The number of esters is 1. The van der Waals surface area contributed by atoms with Crippen LogP contribution in [0.5, 0.6) is 17.2 Å². The Kier molecular flexibility index (Phi) is 7.33. The van der Waals surface area contributed by atoms with Crippen molar-refractivity contribution in [3.8, 4) is 17.2 Å². The Morgan fingerprint density at radius 2 is 1.53 bits per heavy atom. The molecule has 0 aliphatic rings. The summed E-state index contributed by atoms with van der Waals surface area (Å²) in [4.78, 5) is 26.3. The van der Waals surface area contributed by atoms with Crippen LogP contribution in [0.2, 0.25) is 0 Å². The predicted molar refractivity (Wildman–Crippen MR) is 121 cm³/mol. The minimum atomic E-state index is -1.20. The van der Waals surface area contributed by atoms with Gasteiger partial charge in [-0.05, 0) is 36.8 Å². The van der Waals surface area contributed by atoms with Gasteiger partial charge in [-0.2, -0.15) is 0 Å². The molecule has 0 aliphatic carbocycles. The van der Waals surface area contributed by atoms with Gasteiger partial charge in [0.15, 0.2) is 11.5 Å². The van der Waals surface area contributed by atoms with E-state index in [0.717, 1.165) is 5.56 Å². The van der Waals surface area contributed by atoms with Crippen molar-refractivity contribution in [2.75, 3.05) is 26.6 Å². The fourth-order valence-electron chi connectivity index (χ4n) is 3.24. The van der Waals surface area contributed by atoms with Crippen molar-refractivity contribution >= 4 is 17.6 Å². The smallest absolute Gasteiger partial charge is 0.343 e. The molecule has 1 atom stereocenters. The minimum Gasteiger partial charge on any atom is -0.495 e. The summed E-state index contributed by atoms with van der Waals surface area (Å²) in [7, 11) is 4.42. The lowest BCUT2D eigenvalue weighted by atomic mass is 10.1. The lowest BCUT2D eigenvalue weighted by Gasteiger charge is -2.20. The van der Waals surface area contributed by atoms with Gasteiger partial charge in [0.1, 0.15) is 11.3 Å². The number of rotatable bonds is 8. The van der Waals surface area contributed by atoms with Crippen LogP contribution in [-0.4, -0.2) is 33.2 Å². The highest BCUT2D eigenvalue weighted by atomic mass is 16.6. The highest BCUT2D eigenvalue weighted by Gasteiger charge is 2.28. The highest BCUT2D eigenvalue weighted by Crippen LogP contribution is 2.33. The largest absolute Gasteiger partial charge is 0.495 e. The molecular formula is C25H25NO6. The molecule has 1 N–H and O–H groups in total. The molecule has 32 heavy (non-hydrogen) atoms. The second kappa shape index (κ2) is 10.3. The standard InChI is InChI=1S/C25H25NO6/c1-16-13-14-20(29-2)19(15-16)26-24(27)22(17-9-6-5-7-10-17)32-25(28)18-11-8-12-21(30-3)23(18)31-4/h5-15,22H,1-4H3,(H,26,27). The maximum atomic E-state index is 13.2. The van der Waals surface area contributed by atoms with E-state index in [2.05, 4.69) is 5.32 Å². The van der Waals surface area contributed by atoms with Crippen LogP contribution in [0.25, 0.3) is 0 Å². The first kappa shape index (κ1) is 22.7. The number of hydrogen-bond acceptors (Lipinski definition) is 6. The van der Waals surface area contributed by atoms with Gasteiger partial charge in [0.2, 0.25) is 6.10 Å². The number of methoxy groups -OCH3 is 3. The molecule has 0 radical (unpaired) electrons. The molecule has 1 unspecified atom stereocenters. The molecule has 0 saturated heterocycles. The molecule has 7 heteroatoms. The molecule has 0 fully saturated rings. The molecule has 166 valence electrons. The van der Waals surface area contributed by atoms with Crippen LogP contribution < -0.4 is 19.5 Å². The van der Waals surface area contributed by atoms with E-state index in [1.807, 2.05) is 19.1 Å². The molecule has 0 spiro atoms. The Balaban J connectivity index is 1.94. The number of aryl methyl sites for hydroxylation is 1. The monoisotopic (exact) mass is 435 g/mol. The number of ether oxygens (including phenoxy) is 4.